The van der Waals surface area contributed by atoms with Crippen molar-refractivity contribution in [3.05, 3.63) is 82.6 Å². The lowest BCUT2D eigenvalue weighted by Crippen LogP contribution is -2.32. The van der Waals surface area contributed by atoms with Crippen molar-refractivity contribution in [1.29, 1.82) is 0 Å². The van der Waals surface area contributed by atoms with Gasteiger partial charge in [0.1, 0.15) is 11.6 Å². The number of thiocarbonyl (C=S) groups is 1. The second-order valence-electron chi connectivity index (χ2n) is 6.05. The zero-order valence-corrected chi connectivity index (χ0v) is 18.1. The smallest absolute Gasteiger partial charge is 0.261 e. The maximum atomic E-state index is 13.7. The summed E-state index contributed by atoms with van der Waals surface area (Å²) in [5, 5.41) is 7.14. The molecule has 1 aromatic heterocycles. The van der Waals surface area contributed by atoms with E-state index in [-0.39, 0.29) is 10.0 Å². The van der Waals surface area contributed by atoms with Crippen LogP contribution < -0.4 is 15.4 Å². The van der Waals surface area contributed by atoms with E-state index < -0.39 is 33.3 Å². The van der Waals surface area contributed by atoms with Gasteiger partial charge in [0.2, 0.25) is 5.91 Å². The van der Waals surface area contributed by atoms with E-state index >= 15 is 0 Å². The SMILES string of the molecule is O=C(/C=C/c1cccs1)NC(=S)Nc1ccc(S(=O)(=O)Nc2cc(F)ccc2F)cc1. The van der Waals surface area contributed by atoms with Crippen LogP contribution in [0.25, 0.3) is 6.08 Å². The summed E-state index contributed by atoms with van der Waals surface area (Å²) in [6.07, 6.45) is 2.99. The number of hydrogen-bond acceptors (Lipinski definition) is 5. The summed E-state index contributed by atoms with van der Waals surface area (Å²) in [7, 11) is -4.14. The van der Waals surface area contributed by atoms with Crippen molar-refractivity contribution >= 4 is 62.0 Å². The van der Waals surface area contributed by atoms with Crippen LogP contribution in [0.4, 0.5) is 20.2 Å². The first-order chi connectivity index (χ1) is 14.7. The number of benzene rings is 2. The zero-order chi connectivity index (χ0) is 22.4. The molecule has 3 rings (SSSR count). The molecule has 31 heavy (non-hydrogen) atoms. The molecule has 1 heterocycles. The Bertz CT molecular complexity index is 1230. The summed E-state index contributed by atoms with van der Waals surface area (Å²) in [5.41, 5.74) is -0.0786. The van der Waals surface area contributed by atoms with Crippen molar-refractivity contribution in [3.63, 3.8) is 0 Å². The number of halogens is 2. The third-order valence-corrected chi connectivity index (χ3v) is 6.20. The highest BCUT2D eigenvalue weighted by Crippen LogP contribution is 2.21. The standard InChI is InChI=1S/C20H15F2N3O3S3/c21-13-3-9-17(22)18(12-13)25-31(27,28)16-7-4-14(5-8-16)23-20(29)24-19(26)10-6-15-2-1-11-30-15/h1-12,25H,(H2,23,24,26,29)/b10-6+. The van der Waals surface area contributed by atoms with Crippen LogP contribution in [0, 0.1) is 11.6 Å². The van der Waals surface area contributed by atoms with Gasteiger partial charge in [-0.15, -0.1) is 11.3 Å². The lowest BCUT2D eigenvalue weighted by Gasteiger charge is -2.11. The molecule has 0 aliphatic rings. The number of amides is 1. The van der Waals surface area contributed by atoms with Crippen molar-refractivity contribution in [1.82, 2.24) is 5.32 Å². The lowest BCUT2D eigenvalue weighted by atomic mass is 10.3. The van der Waals surface area contributed by atoms with E-state index in [0.29, 0.717) is 5.69 Å². The quantitative estimate of drug-likeness (QED) is 0.361. The van der Waals surface area contributed by atoms with Gasteiger partial charge in [-0.05, 0) is 66.1 Å². The van der Waals surface area contributed by atoms with Crippen molar-refractivity contribution in [2.24, 2.45) is 0 Å². The summed E-state index contributed by atoms with van der Waals surface area (Å²) < 4.78 is 53.8. The monoisotopic (exact) mass is 479 g/mol. The topological polar surface area (TPSA) is 87.3 Å². The van der Waals surface area contributed by atoms with Gasteiger partial charge < -0.3 is 5.32 Å². The molecule has 0 unspecified atom stereocenters. The summed E-state index contributed by atoms with van der Waals surface area (Å²) in [6, 6.07) is 11.5. The first kappa shape index (κ1) is 22.5. The van der Waals surface area contributed by atoms with Gasteiger partial charge in [0.25, 0.3) is 10.0 Å². The Kier molecular flexibility index (Phi) is 7.10. The molecule has 160 valence electrons. The Balaban J connectivity index is 1.60. The minimum atomic E-state index is -4.14. The fraction of sp³-hybridized carbons (Fsp3) is 0. The number of carbonyl (C=O) groups excluding carboxylic acids is 1. The fourth-order valence-electron chi connectivity index (χ4n) is 2.36. The number of rotatable bonds is 6. The Morgan fingerprint density at radius 1 is 1.06 bits per heavy atom. The molecule has 3 aromatic rings. The van der Waals surface area contributed by atoms with Crippen molar-refractivity contribution in [2.75, 3.05) is 10.0 Å². The van der Waals surface area contributed by atoms with Gasteiger partial charge >= 0.3 is 0 Å². The number of sulfonamides is 1. The average Bonchev–Trinajstić information content (AvgIpc) is 3.23. The summed E-state index contributed by atoms with van der Waals surface area (Å²) in [6.45, 7) is 0. The molecular weight excluding hydrogens is 464 g/mol. The molecule has 2 aromatic carbocycles. The molecule has 0 bridgehead atoms. The number of hydrogen-bond donors (Lipinski definition) is 3. The maximum Gasteiger partial charge on any atom is 0.261 e. The summed E-state index contributed by atoms with van der Waals surface area (Å²) in [4.78, 5) is 12.6. The summed E-state index contributed by atoms with van der Waals surface area (Å²) in [5.74, 6) is -2.11. The van der Waals surface area contributed by atoms with E-state index in [2.05, 4.69) is 10.6 Å². The van der Waals surface area contributed by atoms with Crippen LogP contribution in [-0.4, -0.2) is 19.4 Å². The largest absolute Gasteiger partial charge is 0.332 e. The van der Waals surface area contributed by atoms with Crippen LogP contribution in [0.3, 0.4) is 0 Å². The van der Waals surface area contributed by atoms with Crippen LogP contribution >= 0.6 is 23.6 Å². The van der Waals surface area contributed by atoms with Gasteiger partial charge in [-0.2, -0.15) is 0 Å². The molecule has 6 nitrogen and oxygen atoms in total. The molecule has 0 saturated carbocycles. The van der Waals surface area contributed by atoms with Gasteiger partial charge in [0, 0.05) is 22.7 Å². The molecule has 0 aliphatic carbocycles. The molecule has 0 fully saturated rings. The molecule has 1 amide bonds. The van der Waals surface area contributed by atoms with E-state index in [9.17, 15) is 22.0 Å². The normalized spacial score (nSPS) is 11.3. The predicted molar refractivity (Wildman–Crippen MR) is 121 cm³/mol. The lowest BCUT2D eigenvalue weighted by molar-refractivity contribution is -0.115. The maximum absolute atomic E-state index is 13.7. The molecule has 0 radical (unpaired) electrons. The summed E-state index contributed by atoms with van der Waals surface area (Å²) >= 11 is 6.55. The number of nitrogens with one attached hydrogen (secondary N) is 3. The van der Waals surface area contributed by atoms with Gasteiger partial charge in [0.05, 0.1) is 10.6 Å². The highest BCUT2D eigenvalue weighted by Gasteiger charge is 2.17. The molecule has 3 N–H and O–H groups in total. The van der Waals surface area contributed by atoms with Crippen molar-refractivity contribution in [3.8, 4) is 0 Å². The Morgan fingerprint density at radius 2 is 1.81 bits per heavy atom. The van der Waals surface area contributed by atoms with Gasteiger partial charge in [-0.25, -0.2) is 17.2 Å². The highest BCUT2D eigenvalue weighted by molar-refractivity contribution is 7.92. The molecule has 11 heteroatoms. The van der Waals surface area contributed by atoms with Gasteiger partial charge in [0.15, 0.2) is 5.11 Å². The van der Waals surface area contributed by atoms with E-state index in [4.69, 9.17) is 12.2 Å². The molecule has 0 aliphatic heterocycles. The van der Waals surface area contributed by atoms with Crippen LogP contribution in [0.15, 0.2) is 70.9 Å². The van der Waals surface area contributed by atoms with E-state index in [1.54, 1.807) is 6.08 Å². The Morgan fingerprint density at radius 3 is 2.48 bits per heavy atom. The Labute approximate surface area is 186 Å². The Hall–Kier alpha value is -3.15. The third kappa shape index (κ3) is 6.41. The highest BCUT2D eigenvalue weighted by atomic mass is 32.2. The molecule has 0 atom stereocenters. The second-order valence-corrected chi connectivity index (χ2v) is 9.12. The number of thiophene rings is 1. The number of carbonyl (C=O) groups is 1. The second kappa shape index (κ2) is 9.77. The van der Waals surface area contributed by atoms with Crippen molar-refractivity contribution < 1.29 is 22.0 Å². The molecule has 0 saturated heterocycles. The minimum absolute atomic E-state index is 0.0244. The first-order valence-corrected chi connectivity index (χ1v) is 11.4. The van der Waals surface area contributed by atoms with Crippen LogP contribution in [0.1, 0.15) is 4.88 Å². The van der Waals surface area contributed by atoms with E-state index in [1.165, 1.54) is 41.7 Å². The minimum Gasteiger partial charge on any atom is -0.332 e. The van der Waals surface area contributed by atoms with Crippen molar-refractivity contribution in [2.45, 2.75) is 4.90 Å². The van der Waals surface area contributed by atoms with Crippen LogP contribution in [0.2, 0.25) is 0 Å². The van der Waals surface area contributed by atoms with E-state index in [0.717, 1.165) is 23.1 Å². The van der Waals surface area contributed by atoms with Gasteiger partial charge in [-0.3, -0.25) is 14.8 Å². The number of anilines is 2. The average molecular weight is 480 g/mol. The zero-order valence-electron chi connectivity index (χ0n) is 15.6. The predicted octanol–water partition coefficient (Wildman–Crippen LogP) is 4.35. The first-order valence-electron chi connectivity index (χ1n) is 8.64. The molecule has 0 spiro atoms. The van der Waals surface area contributed by atoms with Crippen LogP contribution in [0.5, 0.6) is 0 Å². The molecular formula is C20H15F2N3O3S3. The fourth-order valence-corrected chi connectivity index (χ4v) is 4.25. The van der Waals surface area contributed by atoms with Gasteiger partial charge in [-0.1, -0.05) is 6.07 Å². The van der Waals surface area contributed by atoms with E-state index in [1.807, 2.05) is 22.2 Å². The van der Waals surface area contributed by atoms with Crippen LogP contribution in [-0.2, 0) is 14.8 Å². The third-order valence-electron chi connectivity index (χ3n) is 3.77.